The first-order chi connectivity index (χ1) is 4.57. The predicted molar refractivity (Wildman–Crippen MR) is 45.2 cm³/mol. The molecule has 0 aromatic heterocycles. The first-order valence-electron chi connectivity index (χ1n) is 2.74. The molecule has 0 saturated heterocycles. The van der Waals surface area contributed by atoms with Gasteiger partial charge < -0.3 is 18.5 Å². The van der Waals surface area contributed by atoms with Crippen LogP contribution in [0, 0.1) is 0 Å². The van der Waals surface area contributed by atoms with Crippen molar-refractivity contribution >= 4 is 35.0 Å². The number of aliphatic carboxylic acids is 2. The Morgan fingerprint density at radius 2 is 1.83 bits per heavy atom. The summed E-state index contributed by atoms with van der Waals surface area (Å²) in [5.41, 5.74) is -0.0903. The Morgan fingerprint density at radius 1 is 1.42 bits per heavy atom. The largest absolute Gasteiger partial charge is 2.00 e. The molecular formula is C6H12MgO5. The van der Waals surface area contributed by atoms with E-state index in [2.05, 4.69) is 0 Å². The van der Waals surface area contributed by atoms with E-state index in [4.69, 9.17) is 10.2 Å². The fourth-order valence-electron chi connectivity index (χ4n) is 0.464. The minimum absolute atomic E-state index is 0. The Balaban J connectivity index is -0.0000000675. The minimum atomic E-state index is -1.22. The topological polar surface area (TPSA) is 106 Å². The maximum Gasteiger partial charge on any atom is 2.00 e. The van der Waals surface area contributed by atoms with E-state index >= 15 is 0 Å². The summed E-state index contributed by atoms with van der Waals surface area (Å²) in [6, 6.07) is 0. The van der Waals surface area contributed by atoms with Crippen LogP contribution < -0.4 is 0 Å². The molecule has 0 unspecified atom stereocenters. The summed E-state index contributed by atoms with van der Waals surface area (Å²) in [4.78, 5) is 20.1. The van der Waals surface area contributed by atoms with E-state index < -0.39 is 11.9 Å². The average Bonchev–Trinajstić information content (AvgIpc) is 1.81. The fourth-order valence-corrected chi connectivity index (χ4v) is 0.464. The number of carbonyl (C=O) groups is 2. The van der Waals surface area contributed by atoms with Gasteiger partial charge in [-0.2, -0.15) is 0 Å². The normalized spacial score (nSPS) is 9.25. The van der Waals surface area contributed by atoms with Crippen LogP contribution in [0.3, 0.4) is 0 Å². The molecule has 5 nitrogen and oxygen atoms in total. The summed E-state index contributed by atoms with van der Waals surface area (Å²) >= 11 is 0. The molecule has 68 valence electrons. The van der Waals surface area contributed by atoms with Crippen molar-refractivity contribution in [2.75, 3.05) is 0 Å². The third kappa shape index (κ3) is 7.51. The smallest absolute Gasteiger partial charge is 1.00 e. The van der Waals surface area contributed by atoms with Gasteiger partial charge in [0.05, 0.1) is 0 Å². The van der Waals surface area contributed by atoms with E-state index in [1.807, 2.05) is 0 Å². The zero-order valence-electron chi connectivity index (χ0n) is 8.70. The van der Waals surface area contributed by atoms with E-state index in [-0.39, 0.29) is 43.4 Å². The van der Waals surface area contributed by atoms with E-state index in [0.717, 1.165) is 0 Å². The van der Waals surface area contributed by atoms with Crippen molar-refractivity contribution in [1.82, 2.24) is 0 Å². The maximum atomic E-state index is 10.1. The summed E-state index contributed by atoms with van der Waals surface area (Å²) in [6.07, 6.45) is 0.921. The van der Waals surface area contributed by atoms with Crippen LogP contribution in [-0.4, -0.2) is 50.7 Å². The van der Waals surface area contributed by atoms with Gasteiger partial charge in [-0.15, -0.1) is 0 Å². The molecule has 0 bridgehead atoms. The summed E-state index contributed by atoms with van der Waals surface area (Å²) in [7, 11) is 0. The number of hydrogen-bond acceptors (Lipinski definition) is 2. The van der Waals surface area contributed by atoms with Gasteiger partial charge in [-0.3, -0.25) is 0 Å². The number of carboxylic acid groups (broad SMARTS) is 2. The predicted octanol–water partition coefficient (Wildman–Crippen LogP) is -0.488. The third-order valence-corrected chi connectivity index (χ3v) is 0.953. The minimum Gasteiger partial charge on any atom is -1.00 e. The van der Waals surface area contributed by atoms with Crippen LogP contribution in [0.25, 0.3) is 0 Å². The van der Waals surface area contributed by atoms with Gasteiger partial charge in [0, 0.05) is 11.6 Å². The van der Waals surface area contributed by atoms with Gasteiger partial charge in [-0.05, 0) is 6.42 Å². The second kappa shape index (κ2) is 8.50. The molecule has 12 heavy (non-hydrogen) atoms. The summed E-state index contributed by atoms with van der Waals surface area (Å²) in [6.45, 7) is 1.59. The fraction of sp³-hybridized carbons (Fsp3) is 0.333. The molecule has 0 radical (unpaired) electrons. The molecule has 0 rings (SSSR count). The Hall–Kier alpha value is -0.594. The summed E-state index contributed by atoms with van der Waals surface area (Å²) in [5, 5.41) is 16.4. The molecule has 0 aliphatic carbocycles. The van der Waals surface area contributed by atoms with Gasteiger partial charge in [-0.25, -0.2) is 9.59 Å². The monoisotopic (exact) mass is 188 g/mol. The van der Waals surface area contributed by atoms with E-state index in [0.29, 0.717) is 6.08 Å². The van der Waals surface area contributed by atoms with Crippen LogP contribution in [0.4, 0.5) is 0 Å². The van der Waals surface area contributed by atoms with E-state index in [1.165, 1.54) is 0 Å². The molecule has 6 heteroatoms. The Morgan fingerprint density at radius 3 is 1.92 bits per heavy atom. The van der Waals surface area contributed by atoms with Gasteiger partial charge in [0.2, 0.25) is 0 Å². The Kier molecular flexibility index (Phi) is 12.4. The van der Waals surface area contributed by atoms with Gasteiger partial charge in [0.25, 0.3) is 0 Å². The molecule has 0 saturated carbocycles. The number of carboxylic acids is 2. The molecule has 0 fully saturated rings. The van der Waals surface area contributed by atoms with Crippen LogP contribution in [0.15, 0.2) is 11.6 Å². The van der Waals surface area contributed by atoms with E-state index in [9.17, 15) is 9.59 Å². The molecule has 0 atom stereocenters. The van der Waals surface area contributed by atoms with Gasteiger partial charge in [0.15, 0.2) is 0 Å². The second-order valence-corrected chi connectivity index (χ2v) is 1.67. The molecule has 0 aromatic rings. The van der Waals surface area contributed by atoms with E-state index in [1.54, 1.807) is 6.92 Å². The second-order valence-electron chi connectivity index (χ2n) is 1.67. The summed E-state index contributed by atoms with van der Waals surface area (Å²) < 4.78 is 0. The van der Waals surface area contributed by atoms with Crippen molar-refractivity contribution in [1.29, 1.82) is 0 Å². The SMILES string of the molecule is CC/C(=C\C(=O)O)C(=O)O.O.[H-].[H-].[Mg+2]. The molecule has 0 amide bonds. The van der Waals surface area contributed by atoms with Crippen LogP contribution in [-0.2, 0) is 9.59 Å². The Labute approximate surface area is 88.5 Å². The van der Waals surface area contributed by atoms with Crippen molar-refractivity contribution < 1.29 is 28.1 Å². The van der Waals surface area contributed by atoms with Crippen molar-refractivity contribution in [3.8, 4) is 0 Å². The van der Waals surface area contributed by atoms with Gasteiger partial charge >= 0.3 is 35.0 Å². The Bertz CT molecular complexity index is 195. The molecular weight excluding hydrogens is 176 g/mol. The molecule has 0 aliphatic rings. The van der Waals surface area contributed by atoms with Crippen molar-refractivity contribution in [2.45, 2.75) is 13.3 Å². The quantitative estimate of drug-likeness (QED) is 0.460. The molecule has 0 heterocycles. The molecule has 4 N–H and O–H groups in total. The average molecular weight is 188 g/mol. The van der Waals surface area contributed by atoms with Crippen LogP contribution in [0.1, 0.15) is 16.2 Å². The number of rotatable bonds is 3. The van der Waals surface area contributed by atoms with Crippen LogP contribution in [0.2, 0.25) is 0 Å². The van der Waals surface area contributed by atoms with Gasteiger partial charge in [-0.1, -0.05) is 6.92 Å². The van der Waals surface area contributed by atoms with Crippen LogP contribution >= 0.6 is 0 Å². The molecule has 0 spiro atoms. The van der Waals surface area contributed by atoms with Crippen molar-refractivity contribution in [3.05, 3.63) is 11.6 Å². The van der Waals surface area contributed by atoms with Gasteiger partial charge in [0.1, 0.15) is 0 Å². The zero-order chi connectivity index (χ0) is 8.15. The van der Waals surface area contributed by atoms with Crippen molar-refractivity contribution in [3.63, 3.8) is 0 Å². The standard InChI is InChI=1S/C6H8O4.Mg.H2O.2H/c1-2-4(6(9)10)3-5(7)8;;;;/h3H,2H2,1H3,(H,7,8)(H,9,10);;1H2;;/q;+2;;2*-1/b4-3+;;;;. The zero-order valence-corrected chi connectivity index (χ0v) is 8.12. The van der Waals surface area contributed by atoms with Crippen LogP contribution in [0.5, 0.6) is 0 Å². The summed E-state index contributed by atoms with van der Waals surface area (Å²) in [5.74, 6) is -2.40. The molecule has 0 aliphatic heterocycles. The van der Waals surface area contributed by atoms with Crippen molar-refractivity contribution in [2.24, 2.45) is 0 Å². The first kappa shape index (κ1) is 17.5. The first-order valence-corrected chi connectivity index (χ1v) is 2.74. The maximum absolute atomic E-state index is 10.1. The molecule has 0 aromatic carbocycles. The number of hydrogen-bond donors (Lipinski definition) is 2. The third-order valence-electron chi connectivity index (χ3n) is 0.953.